The molecule has 0 spiro atoms. The first-order chi connectivity index (χ1) is 18.4. The molecule has 0 aromatic heterocycles. The lowest BCUT2D eigenvalue weighted by Crippen LogP contribution is -2.49. The SMILES string of the molecule is COC(=O)c1c(C)c(C=O)c(C)c(N2CCN(C(=O)OCC3c4ccccc4-c4ccccc43)CC2)c1C. The van der Waals surface area contributed by atoms with E-state index in [9.17, 15) is 14.4 Å². The monoisotopic (exact) mass is 512 g/mol. The van der Waals surface area contributed by atoms with Crippen LogP contribution in [0.15, 0.2) is 48.5 Å². The predicted octanol–water partition coefficient (Wildman–Crippen LogP) is 5.28. The minimum Gasteiger partial charge on any atom is -0.465 e. The summed E-state index contributed by atoms with van der Waals surface area (Å²) >= 11 is 0. The lowest BCUT2D eigenvalue weighted by atomic mass is 9.91. The molecule has 5 rings (SSSR count). The number of nitrogens with zero attached hydrogens (tertiary/aromatic N) is 2. The van der Waals surface area contributed by atoms with Crippen LogP contribution >= 0.6 is 0 Å². The second kappa shape index (κ2) is 10.3. The van der Waals surface area contributed by atoms with Gasteiger partial charge < -0.3 is 19.3 Å². The van der Waals surface area contributed by atoms with Crippen LogP contribution in [0.1, 0.15) is 54.5 Å². The summed E-state index contributed by atoms with van der Waals surface area (Å²) in [6, 6.07) is 16.6. The van der Waals surface area contributed by atoms with Gasteiger partial charge in [0.25, 0.3) is 0 Å². The zero-order valence-electron chi connectivity index (χ0n) is 22.2. The third-order valence-electron chi connectivity index (χ3n) is 7.97. The topological polar surface area (TPSA) is 76.2 Å². The molecule has 3 aromatic carbocycles. The summed E-state index contributed by atoms with van der Waals surface area (Å²) in [5.74, 6) is -0.439. The van der Waals surface area contributed by atoms with Crippen molar-refractivity contribution in [2.24, 2.45) is 0 Å². The van der Waals surface area contributed by atoms with E-state index in [1.807, 2.05) is 38.1 Å². The number of carbonyl (C=O) groups is 3. The number of aldehydes is 1. The molecule has 0 saturated carbocycles. The number of ether oxygens (including phenoxy) is 2. The lowest BCUT2D eigenvalue weighted by Gasteiger charge is -2.38. The number of hydrogen-bond acceptors (Lipinski definition) is 6. The summed E-state index contributed by atoms with van der Waals surface area (Å²) in [6.45, 7) is 7.93. The van der Waals surface area contributed by atoms with Gasteiger partial charge in [-0.25, -0.2) is 9.59 Å². The Morgan fingerprint density at radius 3 is 2.00 bits per heavy atom. The highest BCUT2D eigenvalue weighted by Gasteiger charge is 2.31. The molecule has 0 atom stereocenters. The second-order valence-corrected chi connectivity index (χ2v) is 9.90. The molecule has 1 fully saturated rings. The van der Waals surface area contributed by atoms with E-state index in [-0.39, 0.29) is 18.6 Å². The molecule has 1 aliphatic heterocycles. The van der Waals surface area contributed by atoms with Crippen molar-refractivity contribution in [1.82, 2.24) is 4.90 Å². The fourth-order valence-corrected chi connectivity index (χ4v) is 6.08. The van der Waals surface area contributed by atoms with Crippen LogP contribution < -0.4 is 4.90 Å². The molecule has 0 bridgehead atoms. The first-order valence-corrected chi connectivity index (χ1v) is 12.9. The number of amides is 1. The third-order valence-corrected chi connectivity index (χ3v) is 7.97. The minimum absolute atomic E-state index is 0.0176. The van der Waals surface area contributed by atoms with Gasteiger partial charge in [-0.2, -0.15) is 0 Å². The summed E-state index contributed by atoms with van der Waals surface area (Å²) in [5.41, 5.74) is 8.79. The molecule has 0 unspecified atom stereocenters. The highest BCUT2D eigenvalue weighted by Crippen LogP contribution is 2.44. The fraction of sp³-hybridized carbons (Fsp3) is 0.323. The Balaban J connectivity index is 1.29. The first-order valence-electron chi connectivity index (χ1n) is 12.9. The maximum Gasteiger partial charge on any atom is 0.409 e. The third kappa shape index (κ3) is 4.22. The van der Waals surface area contributed by atoms with Crippen molar-refractivity contribution in [2.75, 3.05) is 44.8 Å². The van der Waals surface area contributed by atoms with E-state index in [1.165, 1.54) is 29.4 Å². The maximum absolute atomic E-state index is 13.1. The van der Waals surface area contributed by atoms with E-state index in [4.69, 9.17) is 9.47 Å². The maximum atomic E-state index is 13.1. The number of benzene rings is 3. The Kier molecular flexibility index (Phi) is 6.93. The Labute approximate surface area is 223 Å². The number of fused-ring (bicyclic) bond motifs is 3. The van der Waals surface area contributed by atoms with Crippen molar-refractivity contribution in [2.45, 2.75) is 26.7 Å². The minimum atomic E-state index is -0.457. The van der Waals surface area contributed by atoms with Crippen molar-refractivity contribution >= 4 is 24.0 Å². The highest BCUT2D eigenvalue weighted by atomic mass is 16.6. The van der Waals surface area contributed by atoms with Gasteiger partial charge in [0.05, 0.1) is 12.7 Å². The normalized spacial score (nSPS) is 14.6. The smallest absolute Gasteiger partial charge is 0.409 e. The number of piperazine rings is 1. The van der Waals surface area contributed by atoms with Gasteiger partial charge in [0.1, 0.15) is 6.61 Å². The van der Waals surface area contributed by atoms with E-state index in [0.29, 0.717) is 42.9 Å². The lowest BCUT2D eigenvalue weighted by molar-refractivity contribution is 0.0599. The van der Waals surface area contributed by atoms with E-state index in [1.54, 1.807) is 11.8 Å². The molecule has 0 N–H and O–H groups in total. The summed E-state index contributed by atoms with van der Waals surface area (Å²) in [5, 5.41) is 0. The van der Waals surface area contributed by atoms with Gasteiger partial charge in [-0.15, -0.1) is 0 Å². The van der Waals surface area contributed by atoms with E-state index >= 15 is 0 Å². The molecule has 1 amide bonds. The number of anilines is 1. The van der Waals surface area contributed by atoms with E-state index < -0.39 is 5.97 Å². The number of esters is 1. The number of methoxy groups -OCH3 is 1. The van der Waals surface area contributed by atoms with E-state index in [2.05, 4.69) is 29.2 Å². The van der Waals surface area contributed by atoms with Crippen LogP contribution in [-0.4, -0.2) is 63.1 Å². The van der Waals surface area contributed by atoms with Crippen LogP contribution in [0.25, 0.3) is 11.1 Å². The summed E-state index contributed by atoms with van der Waals surface area (Å²) in [4.78, 5) is 41.3. The number of carbonyl (C=O) groups excluding carboxylic acids is 3. The van der Waals surface area contributed by atoms with Gasteiger partial charge >= 0.3 is 12.1 Å². The summed E-state index contributed by atoms with van der Waals surface area (Å²) in [7, 11) is 1.34. The van der Waals surface area contributed by atoms with Gasteiger partial charge in [0.15, 0.2) is 6.29 Å². The Bertz CT molecular complexity index is 1380. The van der Waals surface area contributed by atoms with Crippen molar-refractivity contribution in [3.05, 3.63) is 87.5 Å². The second-order valence-electron chi connectivity index (χ2n) is 9.90. The fourth-order valence-electron chi connectivity index (χ4n) is 6.08. The molecule has 1 heterocycles. The first kappa shape index (κ1) is 25.5. The molecule has 196 valence electrons. The molecule has 7 nitrogen and oxygen atoms in total. The van der Waals surface area contributed by atoms with Gasteiger partial charge in [-0.05, 0) is 59.7 Å². The van der Waals surface area contributed by atoms with Crippen LogP contribution in [0.4, 0.5) is 10.5 Å². The average Bonchev–Trinajstić information content (AvgIpc) is 3.25. The van der Waals surface area contributed by atoms with Crippen molar-refractivity contribution in [1.29, 1.82) is 0 Å². The van der Waals surface area contributed by atoms with Crippen LogP contribution in [0.5, 0.6) is 0 Å². The molecular weight excluding hydrogens is 480 g/mol. The van der Waals surface area contributed by atoms with Crippen LogP contribution in [0.2, 0.25) is 0 Å². The highest BCUT2D eigenvalue weighted by molar-refractivity contribution is 5.99. The summed E-state index contributed by atoms with van der Waals surface area (Å²) in [6.07, 6.45) is 0.472. The van der Waals surface area contributed by atoms with E-state index in [0.717, 1.165) is 23.1 Å². The molecule has 0 radical (unpaired) electrons. The Hall–Kier alpha value is -4.13. The zero-order valence-corrected chi connectivity index (χ0v) is 22.2. The quantitative estimate of drug-likeness (QED) is 0.342. The average molecular weight is 513 g/mol. The standard InChI is InChI=1S/C31H32N2O5/c1-19-26(17-34)20(2)29(21(3)28(19)30(35)37-4)32-13-15-33(16-14-32)31(36)38-18-27-24-11-7-5-9-22(24)23-10-6-8-12-25(23)27/h5-12,17,27H,13-16,18H2,1-4H3. The number of hydrogen-bond donors (Lipinski definition) is 0. The van der Waals surface area contributed by atoms with Gasteiger partial charge in [-0.1, -0.05) is 48.5 Å². The molecule has 1 aliphatic carbocycles. The van der Waals surface area contributed by atoms with Crippen molar-refractivity contribution in [3.8, 4) is 11.1 Å². The van der Waals surface area contributed by atoms with Gasteiger partial charge in [-0.3, -0.25) is 4.79 Å². The Morgan fingerprint density at radius 1 is 0.868 bits per heavy atom. The Morgan fingerprint density at radius 2 is 1.45 bits per heavy atom. The van der Waals surface area contributed by atoms with Crippen molar-refractivity contribution in [3.63, 3.8) is 0 Å². The van der Waals surface area contributed by atoms with Crippen LogP contribution in [-0.2, 0) is 9.47 Å². The molecule has 38 heavy (non-hydrogen) atoms. The molecular formula is C31H32N2O5. The van der Waals surface area contributed by atoms with Crippen molar-refractivity contribution < 1.29 is 23.9 Å². The molecule has 2 aliphatic rings. The predicted molar refractivity (Wildman–Crippen MR) is 146 cm³/mol. The molecule has 7 heteroatoms. The van der Waals surface area contributed by atoms with Gasteiger partial charge in [0, 0.05) is 43.3 Å². The van der Waals surface area contributed by atoms with Crippen LogP contribution in [0.3, 0.4) is 0 Å². The molecule has 1 saturated heterocycles. The summed E-state index contributed by atoms with van der Waals surface area (Å²) < 4.78 is 10.8. The molecule has 3 aromatic rings. The van der Waals surface area contributed by atoms with Crippen LogP contribution in [0, 0.1) is 20.8 Å². The number of rotatable bonds is 5. The largest absolute Gasteiger partial charge is 0.465 e. The van der Waals surface area contributed by atoms with Gasteiger partial charge in [0.2, 0.25) is 0 Å². The zero-order chi connectivity index (χ0) is 27.0.